The molecule has 1 heterocycles. The van der Waals surface area contributed by atoms with E-state index in [1.54, 1.807) is 42.5 Å². The van der Waals surface area contributed by atoms with Crippen molar-refractivity contribution in [3.8, 4) is 5.75 Å². The lowest BCUT2D eigenvalue weighted by molar-refractivity contribution is -0.127. The van der Waals surface area contributed by atoms with Crippen LogP contribution in [0.2, 0.25) is 10.0 Å². The topological polar surface area (TPSA) is 75.7 Å². The molecule has 1 aliphatic rings. The second kappa shape index (κ2) is 8.68. The van der Waals surface area contributed by atoms with Crippen LogP contribution >= 0.6 is 35.0 Å². The standard InChI is InChI=1S/C19H14Cl2N2O4S/c1-27-12-7-5-11(6-8-12)22-17(24)10-23-18(25)16(28-19(23)26)9-13-14(20)3-2-4-15(13)21/h2-9H,10H2,1H3,(H,22,24)/b16-9+. The number of ether oxygens (including phenoxy) is 1. The minimum Gasteiger partial charge on any atom is -0.497 e. The van der Waals surface area contributed by atoms with Crippen molar-refractivity contribution >= 4 is 63.8 Å². The Morgan fingerprint density at radius 2 is 1.79 bits per heavy atom. The van der Waals surface area contributed by atoms with Crippen LogP contribution in [0, 0.1) is 0 Å². The highest BCUT2D eigenvalue weighted by molar-refractivity contribution is 8.18. The van der Waals surface area contributed by atoms with Gasteiger partial charge in [0.1, 0.15) is 12.3 Å². The van der Waals surface area contributed by atoms with E-state index >= 15 is 0 Å². The fourth-order valence-electron chi connectivity index (χ4n) is 2.43. The van der Waals surface area contributed by atoms with E-state index in [-0.39, 0.29) is 4.91 Å². The minimum atomic E-state index is -0.573. The molecule has 0 aromatic heterocycles. The predicted molar refractivity (Wildman–Crippen MR) is 111 cm³/mol. The summed E-state index contributed by atoms with van der Waals surface area (Å²) in [5.74, 6) is -0.423. The number of hydrogen-bond donors (Lipinski definition) is 1. The summed E-state index contributed by atoms with van der Waals surface area (Å²) in [7, 11) is 1.54. The SMILES string of the molecule is COc1ccc(NC(=O)CN2C(=O)S/C(=C/c3c(Cl)cccc3Cl)C2=O)cc1. The first-order chi connectivity index (χ1) is 13.4. The number of thioether (sulfide) groups is 1. The Balaban J connectivity index is 1.71. The number of rotatable bonds is 5. The summed E-state index contributed by atoms with van der Waals surface area (Å²) < 4.78 is 5.05. The Morgan fingerprint density at radius 3 is 2.39 bits per heavy atom. The molecule has 1 saturated heterocycles. The van der Waals surface area contributed by atoms with E-state index < -0.39 is 23.6 Å². The van der Waals surface area contributed by atoms with Crippen molar-refractivity contribution < 1.29 is 19.1 Å². The molecule has 0 radical (unpaired) electrons. The van der Waals surface area contributed by atoms with Crippen molar-refractivity contribution in [1.82, 2.24) is 4.90 Å². The molecule has 3 amide bonds. The van der Waals surface area contributed by atoms with E-state index in [0.717, 1.165) is 16.7 Å². The molecule has 2 aromatic carbocycles. The molecule has 1 N–H and O–H groups in total. The van der Waals surface area contributed by atoms with Gasteiger partial charge < -0.3 is 10.1 Å². The third-order valence-electron chi connectivity index (χ3n) is 3.82. The average Bonchev–Trinajstić information content (AvgIpc) is 2.93. The lowest BCUT2D eigenvalue weighted by atomic mass is 10.2. The van der Waals surface area contributed by atoms with Gasteiger partial charge in [-0.25, -0.2) is 0 Å². The molecule has 2 aromatic rings. The van der Waals surface area contributed by atoms with Crippen LogP contribution in [0.25, 0.3) is 6.08 Å². The summed E-state index contributed by atoms with van der Waals surface area (Å²) in [6, 6.07) is 11.6. The number of hydrogen-bond acceptors (Lipinski definition) is 5. The monoisotopic (exact) mass is 436 g/mol. The first kappa shape index (κ1) is 20.3. The van der Waals surface area contributed by atoms with Gasteiger partial charge in [-0.1, -0.05) is 29.3 Å². The van der Waals surface area contributed by atoms with Gasteiger partial charge in [0.15, 0.2) is 0 Å². The lowest BCUT2D eigenvalue weighted by Crippen LogP contribution is -2.36. The molecular weight excluding hydrogens is 423 g/mol. The number of nitrogens with one attached hydrogen (secondary N) is 1. The second-order valence-corrected chi connectivity index (χ2v) is 7.49. The molecule has 3 rings (SSSR count). The molecule has 1 fully saturated rings. The van der Waals surface area contributed by atoms with Crippen molar-refractivity contribution in [2.24, 2.45) is 0 Å². The zero-order valence-electron chi connectivity index (χ0n) is 14.6. The van der Waals surface area contributed by atoms with Crippen molar-refractivity contribution in [1.29, 1.82) is 0 Å². The van der Waals surface area contributed by atoms with Crippen LogP contribution in [0.4, 0.5) is 10.5 Å². The van der Waals surface area contributed by atoms with E-state index in [1.165, 1.54) is 13.2 Å². The number of benzene rings is 2. The first-order valence-corrected chi connectivity index (χ1v) is 9.59. The van der Waals surface area contributed by atoms with Crippen LogP contribution in [-0.4, -0.2) is 35.6 Å². The fraction of sp³-hybridized carbons (Fsp3) is 0.105. The van der Waals surface area contributed by atoms with Gasteiger partial charge in [0, 0.05) is 21.3 Å². The maximum Gasteiger partial charge on any atom is 0.294 e. The number of carbonyl (C=O) groups is 3. The average molecular weight is 437 g/mol. The number of carbonyl (C=O) groups excluding carboxylic acids is 3. The van der Waals surface area contributed by atoms with Gasteiger partial charge >= 0.3 is 0 Å². The third kappa shape index (κ3) is 4.49. The molecule has 1 aliphatic heterocycles. The summed E-state index contributed by atoms with van der Waals surface area (Å²) in [5, 5.41) is 2.81. The molecule has 0 saturated carbocycles. The number of imide groups is 1. The number of amides is 3. The van der Waals surface area contributed by atoms with Crippen molar-refractivity contribution in [3.05, 3.63) is 63.0 Å². The maximum absolute atomic E-state index is 12.5. The largest absolute Gasteiger partial charge is 0.497 e. The Hall–Kier alpha value is -2.48. The molecule has 0 unspecified atom stereocenters. The molecule has 6 nitrogen and oxygen atoms in total. The fourth-order valence-corrected chi connectivity index (χ4v) is 3.76. The smallest absolute Gasteiger partial charge is 0.294 e. The van der Waals surface area contributed by atoms with Gasteiger partial charge in [0.2, 0.25) is 5.91 Å². The van der Waals surface area contributed by atoms with Gasteiger partial charge in [-0.2, -0.15) is 0 Å². The molecule has 0 bridgehead atoms. The van der Waals surface area contributed by atoms with Gasteiger partial charge in [-0.3, -0.25) is 19.3 Å². The second-order valence-electron chi connectivity index (χ2n) is 5.68. The van der Waals surface area contributed by atoms with Crippen LogP contribution in [0.1, 0.15) is 5.56 Å². The Labute approximate surface area is 175 Å². The lowest BCUT2D eigenvalue weighted by Gasteiger charge is -2.12. The third-order valence-corrected chi connectivity index (χ3v) is 5.39. The highest BCUT2D eigenvalue weighted by Gasteiger charge is 2.36. The highest BCUT2D eigenvalue weighted by Crippen LogP contribution is 2.35. The first-order valence-electron chi connectivity index (χ1n) is 8.02. The molecular formula is C19H14Cl2N2O4S. The van der Waals surface area contributed by atoms with E-state index in [9.17, 15) is 14.4 Å². The zero-order valence-corrected chi connectivity index (χ0v) is 16.9. The molecule has 9 heteroatoms. The highest BCUT2D eigenvalue weighted by atomic mass is 35.5. The van der Waals surface area contributed by atoms with Gasteiger partial charge in [-0.05, 0) is 54.2 Å². The van der Waals surface area contributed by atoms with Gasteiger partial charge in [0.25, 0.3) is 11.1 Å². The molecule has 0 aliphatic carbocycles. The Morgan fingerprint density at radius 1 is 1.14 bits per heavy atom. The normalized spacial score (nSPS) is 15.2. The van der Waals surface area contributed by atoms with Gasteiger partial charge in [-0.15, -0.1) is 0 Å². The van der Waals surface area contributed by atoms with Crippen molar-refractivity contribution in [2.75, 3.05) is 19.0 Å². The Bertz CT molecular complexity index is 956. The quantitative estimate of drug-likeness (QED) is 0.688. The van der Waals surface area contributed by atoms with Crippen LogP contribution < -0.4 is 10.1 Å². The van der Waals surface area contributed by atoms with E-state index in [1.807, 2.05) is 0 Å². The summed E-state index contributed by atoms with van der Waals surface area (Å²) >= 11 is 12.9. The number of halogens is 2. The molecule has 0 spiro atoms. The minimum absolute atomic E-state index is 0.150. The van der Waals surface area contributed by atoms with E-state index in [2.05, 4.69) is 5.32 Å². The Kier molecular flexibility index (Phi) is 6.28. The maximum atomic E-state index is 12.5. The van der Waals surface area contributed by atoms with Gasteiger partial charge in [0.05, 0.1) is 12.0 Å². The van der Waals surface area contributed by atoms with Crippen LogP contribution in [0.15, 0.2) is 47.4 Å². The summed E-state index contributed by atoms with van der Waals surface area (Å²) in [4.78, 5) is 38.0. The number of nitrogens with zero attached hydrogens (tertiary/aromatic N) is 1. The molecule has 0 atom stereocenters. The van der Waals surface area contributed by atoms with E-state index in [4.69, 9.17) is 27.9 Å². The van der Waals surface area contributed by atoms with Crippen molar-refractivity contribution in [2.45, 2.75) is 0 Å². The summed E-state index contributed by atoms with van der Waals surface area (Å²) in [6.45, 7) is -0.399. The van der Waals surface area contributed by atoms with Crippen LogP contribution in [-0.2, 0) is 9.59 Å². The number of methoxy groups -OCH3 is 1. The van der Waals surface area contributed by atoms with Crippen LogP contribution in [0.3, 0.4) is 0 Å². The van der Waals surface area contributed by atoms with Crippen molar-refractivity contribution in [3.63, 3.8) is 0 Å². The predicted octanol–water partition coefficient (Wildman–Crippen LogP) is 4.68. The van der Waals surface area contributed by atoms with E-state index in [0.29, 0.717) is 27.0 Å². The van der Waals surface area contributed by atoms with Crippen LogP contribution in [0.5, 0.6) is 5.75 Å². The molecule has 28 heavy (non-hydrogen) atoms. The number of anilines is 1. The zero-order chi connectivity index (χ0) is 20.3. The molecule has 144 valence electrons. The summed E-state index contributed by atoms with van der Waals surface area (Å²) in [5.41, 5.74) is 0.968. The summed E-state index contributed by atoms with van der Waals surface area (Å²) in [6.07, 6.45) is 1.46.